The number of benzene rings is 1. The number of hydrogen-bond donors (Lipinski definition) is 2. The van der Waals surface area contributed by atoms with Gasteiger partial charge in [0.05, 0.1) is 14.2 Å². The van der Waals surface area contributed by atoms with Crippen molar-refractivity contribution in [1.29, 1.82) is 0 Å². The van der Waals surface area contributed by atoms with Crippen molar-refractivity contribution < 1.29 is 9.47 Å². The van der Waals surface area contributed by atoms with Crippen LogP contribution >= 0.6 is 0 Å². The Labute approximate surface area is 109 Å². The van der Waals surface area contributed by atoms with Gasteiger partial charge in [0.2, 0.25) is 0 Å². The van der Waals surface area contributed by atoms with Gasteiger partial charge in [-0.2, -0.15) is 0 Å². The molecule has 102 valence electrons. The molecule has 18 heavy (non-hydrogen) atoms. The van der Waals surface area contributed by atoms with E-state index in [1.54, 1.807) is 14.2 Å². The molecule has 3 N–H and O–H groups in total. The Hall–Kier alpha value is -1.26. The lowest BCUT2D eigenvalue weighted by Crippen LogP contribution is -2.16. The molecule has 1 aromatic carbocycles. The number of nitrogens with two attached hydrogens (primary N) is 1. The molecule has 1 rings (SSSR count). The van der Waals surface area contributed by atoms with Crippen molar-refractivity contribution in [2.45, 2.75) is 26.3 Å². The Morgan fingerprint density at radius 3 is 2.44 bits per heavy atom. The fourth-order valence-electron chi connectivity index (χ4n) is 1.87. The maximum absolute atomic E-state index is 5.46. The molecule has 1 aromatic rings. The number of rotatable bonds is 8. The number of hydrogen-bond acceptors (Lipinski definition) is 4. The van der Waals surface area contributed by atoms with Gasteiger partial charge in [-0.05, 0) is 50.6 Å². The Bertz CT molecular complexity index is 367. The maximum atomic E-state index is 5.46. The summed E-state index contributed by atoms with van der Waals surface area (Å²) in [6.07, 6.45) is 2.16. The summed E-state index contributed by atoms with van der Waals surface area (Å²) in [5, 5.41) is 3.39. The SMILES string of the molecule is COc1cc(CNCCCCN)c(OC)cc1C. The smallest absolute Gasteiger partial charge is 0.123 e. The summed E-state index contributed by atoms with van der Waals surface area (Å²) in [6, 6.07) is 4.04. The lowest BCUT2D eigenvalue weighted by Gasteiger charge is -2.13. The normalized spacial score (nSPS) is 10.4. The molecule has 0 atom stereocenters. The second-order valence-corrected chi connectivity index (χ2v) is 4.31. The minimum atomic E-state index is 0.753. The highest BCUT2D eigenvalue weighted by molar-refractivity contribution is 5.45. The Kier molecular flexibility index (Phi) is 6.54. The topological polar surface area (TPSA) is 56.5 Å². The molecule has 4 heteroatoms. The number of ether oxygens (including phenoxy) is 2. The van der Waals surface area contributed by atoms with Crippen LogP contribution in [-0.4, -0.2) is 27.3 Å². The third-order valence-electron chi connectivity index (χ3n) is 2.92. The van der Waals surface area contributed by atoms with Gasteiger partial charge in [-0.3, -0.25) is 0 Å². The van der Waals surface area contributed by atoms with Crippen LogP contribution in [0.4, 0.5) is 0 Å². The zero-order valence-corrected chi connectivity index (χ0v) is 11.6. The predicted octanol–water partition coefficient (Wildman–Crippen LogP) is 1.84. The van der Waals surface area contributed by atoms with E-state index in [4.69, 9.17) is 15.2 Å². The van der Waals surface area contributed by atoms with Gasteiger partial charge in [-0.15, -0.1) is 0 Å². The van der Waals surface area contributed by atoms with Crippen LogP contribution in [0.3, 0.4) is 0 Å². The quantitative estimate of drug-likeness (QED) is 0.693. The van der Waals surface area contributed by atoms with Crippen molar-refractivity contribution in [1.82, 2.24) is 5.32 Å². The summed E-state index contributed by atoms with van der Waals surface area (Å²) >= 11 is 0. The minimum absolute atomic E-state index is 0.753. The van der Waals surface area contributed by atoms with Gasteiger partial charge in [0.1, 0.15) is 11.5 Å². The van der Waals surface area contributed by atoms with Crippen LogP contribution in [0, 0.1) is 6.92 Å². The van der Waals surface area contributed by atoms with Crippen molar-refractivity contribution in [3.8, 4) is 11.5 Å². The predicted molar refractivity (Wildman–Crippen MR) is 74.3 cm³/mol. The highest BCUT2D eigenvalue weighted by Gasteiger charge is 2.07. The summed E-state index contributed by atoms with van der Waals surface area (Å²) in [4.78, 5) is 0. The molecule has 0 aromatic heterocycles. The third kappa shape index (κ3) is 4.20. The van der Waals surface area contributed by atoms with Crippen molar-refractivity contribution >= 4 is 0 Å². The Balaban J connectivity index is 2.62. The molecule has 0 radical (unpaired) electrons. The average molecular weight is 252 g/mol. The lowest BCUT2D eigenvalue weighted by molar-refractivity contribution is 0.394. The van der Waals surface area contributed by atoms with E-state index in [-0.39, 0.29) is 0 Å². The van der Waals surface area contributed by atoms with Crippen molar-refractivity contribution in [2.75, 3.05) is 27.3 Å². The van der Waals surface area contributed by atoms with E-state index in [1.165, 1.54) is 0 Å². The first-order valence-electron chi connectivity index (χ1n) is 6.35. The molecular weight excluding hydrogens is 228 g/mol. The zero-order valence-electron chi connectivity index (χ0n) is 11.6. The van der Waals surface area contributed by atoms with Gasteiger partial charge in [0.25, 0.3) is 0 Å². The second-order valence-electron chi connectivity index (χ2n) is 4.31. The van der Waals surface area contributed by atoms with E-state index in [0.29, 0.717) is 0 Å². The molecule has 0 aliphatic heterocycles. The zero-order chi connectivity index (χ0) is 13.4. The highest BCUT2D eigenvalue weighted by atomic mass is 16.5. The largest absolute Gasteiger partial charge is 0.496 e. The molecule has 0 spiro atoms. The third-order valence-corrected chi connectivity index (χ3v) is 2.92. The molecule has 0 heterocycles. The lowest BCUT2D eigenvalue weighted by atomic mass is 10.1. The molecule has 0 bridgehead atoms. The van der Waals surface area contributed by atoms with Gasteiger partial charge in [0, 0.05) is 12.1 Å². The maximum Gasteiger partial charge on any atom is 0.123 e. The van der Waals surface area contributed by atoms with Crippen LogP contribution in [-0.2, 0) is 6.54 Å². The van der Waals surface area contributed by atoms with E-state index < -0.39 is 0 Å². The van der Waals surface area contributed by atoms with Gasteiger partial charge in [-0.25, -0.2) is 0 Å². The molecule has 0 aliphatic rings. The Morgan fingerprint density at radius 1 is 1.11 bits per heavy atom. The standard InChI is InChI=1S/C14H24N2O2/c1-11-8-14(18-3)12(9-13(11)17-2)10-16-7-5-4-6-15/h8-9,16H,4-7,10,15H2,1-3H3. The van der Waals surface area contributed by atoms with Gasteiger partial charge in [-0.1, -0.05) is 0 Å². The van der Waals surface area contributed by atoms with Gasteiger partial charge < -0.3 is 20.5 Å². The monoisotopic (exact) mass is 252 g/mol. The molecule has 0 aliphatic carbocycles. The average Bonchev–Trinajstić information content (AvgIpc) is 2.39. The Morgan fingerprint density at radius 2 is 1.83 bits per heavy atom. The van der Waals surface area contributed by atoms with E-state index in [2.05, 4.69) is 5.32 Å². The van der Waals surface area contributed by atoms with E-state index in [0.717, 1.165) is 55.1 Å². The first kappa shape index (κ1) is 14.8. The molecular formula is C14H24N2O2. The molecule has 0 saturated heterocycles. The first-order valence-corrected chi connectivity index (χ1v) is 6.35. The highest BCUT2D eigenvalue weighted by Crippen LogP contribution is 2.28. The van der Waals surface area contributed by atoms with Crippen molar-refractivity contribution in [3.05, 3.63) is 23.3 Å². The van der Waals surface area contributed by atoms with Crippen LogP contribution in [0.2, 0.25) is 0 Å². The molecule has 0 amide bonds. The number of nitrogens with one attached hydrogen (secondary N) is 1. The van der Waals surface area contributed by atoms with Crippen LogP contribution < -0.4 is 20.5 Å². The van der Waals surface area contributed by atoms with Crippen molar-refractivity contribution in [2.24, 2.45) is 5.73 Å². The van der Waals surface area contributed by atoms with Crippen LogP contribution in [0.15, 0.2) is 12.1 Å². The number of methoxy groups -OCH3 is 2. The second kappa shape index (κ2) is 7.95. The summed E-state index contributed by atoms with van der Waals surface area (Å²) in [5.74, 6) is 1.80. The molecule has 0 fully saturated rings. The molecule has 0 unspecified atom stereocenters. The van der Waals surface area contributed by atoms with Gasteiger partial charge >= 0.3 is 0 Å². The fourth-order valence-corrected chi connectivity index (χ4v) is 1.87. The van der Waals surface area contributed by atoms with E-state index in [9.17, 15) is 0 Å². The van der Waals surface area contributed by atoms with E-state index >= 15 is 0 Å². The van der Waals surface area contributed by atoms with Gasteiger partial charge in [0.15, 0.2) is 0 Å². The fraction of sp³-hybridized carbons (Fsp3) is 0.571. The molecule has 4 nitrogen and oxygen atoms in total. The number of unbranched alkanes of at least 4 members (excludes halogenated alkanes) is 1. The summed E-state index contributed by atoms with van der Waals surface area (Å²) in [5.41, 5.74) is 7.66. The first-order chi connectivity index (χ1) is 8.72. The summed E-state index contributed by atoms with van der Waals surface area (Å²) in [6.45, 7) is 4.52. The number of aryl methyl sites for hydroxylation is 1. The molecule has 0 saturated carbocycles. The minimum Gasteiger partial charge on any atom is -0.496 e. The summed E-state index contributed by atoms with van der Waals surface area (Å²) < 4.78 is 10.7. The van der Waals surface area contributed by atoms with Crippen LogP contribution in [0.1, 0.15) is 24.0 Å². The van der Waals surface area contributed by atoms with Crippen LogP contribution in [0.25, 0.3) is 0 Å². The van der Waals surface area contributed by atoms with Crippen LogP contribution in [0.5, 0.6) is 11.5 Å². The van der Waals surface area contributed by atoms with Crippen molar-refractivity contribution in [3.63, 3.8) is 0 Å². The summed E-state index contributed by atoms with van der Waals surface area (Å²) in [7, 11) is 3.38. The van der Waals surface area contributed by atoms with E-state index in [1.807, 2.05) is 19.1 Å².